The van der Waals surface area contributed by atoms with E-state index in [1.54, 1.807) is 32.7 Å². The summed E-state index contributed by atoms with van der Waals surface area (Å²) in [4.78, 5) is 41.3. The van der Waals surface area contributed by atoms with E-state index in [0.717, 1.165) is 31.2 Å². The van der Waals surface area contributed by atoms with Gasteiger partial charge in [-0.2, -0.15) is 0 Å². The lowest BCUT2D eigenvalue weighted by atomic mass is 9.87. The van der Waals surface area contributed by atoms with Gasteiger partial charge in [0.05, 0.1) is 18.2 Å². The number of carbonyl (C=O) groups excluding carboxylic acids is 3. The number of likely N-dealkylation sites (tertiary alicyclic amines) is 1. The van der Waals surface area contributed by atoms with Gasteiger partial charge in [0.15, 0.2) is 0 Å². The molecule has 0 unspecified atom stereocenters. The zero-order valence-electron chi connectivity index (χ0n) is 21.2. The predicted molar refractivity (Wildman–Crippen MR) is 134 cm³/mol. The van der Waals surface area contributed by atoms with Gasteiger partial charge in [-0.3, -0.25) is 14.4 Å². The molecule has 0 radical (unpaired) electrons. The Morgan fingerprint density at radius 2 is 1.94 bits per heavy atom. The van der Waals surface area contributed by atoms with Crippen LogP contribution in [0.1, 0.15) is 63.6 Å². The second-order valence-corrected chi connectivity index (χ2v) is 9.28. The van der Waals surface area contributed by atoms with Gasteiger partial charge >= 0.3 is 0 Å². The largest absolute Gasteiger partial charge is 0.363 e. The van der Waals surface area contributed by atoms with Gasteiger partial charge < -0.3 is 25.6 Å². The molecular formula is C27H38N4O4. The van der Waals surface area contributed by atoms with Crippen molar-refractivity contribution in [1.82, 2.24) is 20.9 Å². The molecule has 3 N–H and O–H groups in total. The number of carbonyl (C=O) groups is 3. The summed E-state index contributed by atoms with van der Waals surface area (Å²) < 4.78 is 5.74. The number of nitrogens with zero attached hydrogens (tertiary/aromatic N) is 1. The SMILES string of the molecule is CC#CCO[C@H](C)[C@H](NC(=O)[C@H](C)NC)C(=O)N1CCC[C@H]1C(=O)N[C@@H]1CCCc2ccccc21. The molecule has 0 saturated carbocycles. The number of ether oxygens (including phenoxy) is 1. The van der Waals surface area contributed by atoms with Gasteiger partial charge in [-0.15, -0.1) is 5.92 Å². The molecule has 1 saturated heterocycles. The van der Waals surface area contributed by atoms with Gasteiger partial charge in [-0.05, 0) is 71.0 Å². The topological polar surface area (TPSA) is 99.8 Å². The van der Waals surface area contributed by atoms with Crippen LogP contribution in [0.25, 0.3) is 0 Å². The molecule has 3 rings (SSSR count). The number of fused-ring (bicyclic) bond motifs is 1. The number of benzene rings is 1. The smallest absolute Gasteiger partial charge is 0.248 e. The van der Waals surface area contributed by atoms with Gasteiger partial charge in [-0.25, -0.2) is 0 Å². The second-order valence-electron chi connectivity index (χ2n) is 9.28. The van der Waals surface area contributed by atoms with E-state index in [9.17, 15) is 14.4 Å². The fourth-order valence-electron chi connectivity index (χ4n) is 4.78. The third-order valence-electron chi connectivity index (χ3n) is 6.98. The Morgan fingerprint density at radius 3 is 2.69 bits per heavy atom. The van der Waals surface area contributed by atoms with Crippen LogP contribution in [-0.4, -0.2) is 67.1 Å². The molecule has 35 heavy (non-hydrogen) atoms. The van der Waals surface area contributed by atoms with Crippen LogP contribution in [-0.2, 0) is 25.5 Å². The Balaban J connectivity index is 1.74. The Morgan fingerprint density at radius 1 is 1.17 bits per heavy atom. The first-order valence-electron chi connectivity index (χ1n) is 12.5. The number of aryl methyl sites for hydroxylation is 1. The highest BCUT2D eigenvalue weighted by atomic mass is 16.5. The highest BCUT2D eigenvalue weighted by Gasteiger charge is 2.40. The van der Waals surface area contributed by atoms with Crippen LogP contribution in [0.15, 0.2) is 24.3 Å². The van der Waals surface area contributed by atoms with Crippen molar-refractivity contribution in [2.45, 2.75) is 83.1 Å². The van der Waals surface area contributed by atoms with Gasteiger partial charge in [0.1, 0.15) is 18.7 Å². The molecular weight excluding hydrogens is 444 g/mol. The van der Waals surface area contributed by atoms with Crippen LogP contribution in [0.4, 0.5) is 0 Å². The third-order valence-corrected chi connectivity index (χ3v) is 6.98. The van der Waals surface area contributed by atoms with Gasteiger partial charge in [-0.1, -0.05) is 30.2 Å². The molecule has 1 aliphatic heterocycles. The monoisotopic (exact) mass is 482 g/mol. The summed E-state index contributed by atoms with van der Waals surface area (Å²) in [5, 5.41) is 8.91. The van der Waals surface area contributed by atoms with Crippen LogP contribution in [0.3, 0.4) is 0 Å². The maximum atomic E-state index is 13.7. The van der Waals surface area contributed by atoms with E-state index < -0.39 is 24.2 Å². The summed E-state index contributed by atoms with van der Waals surface area (Å²) >= 11 is 0. The lowest BCUT2D eigenvalue weighted by Crippen LogP contribution is -2.59. The van der Waals surface area contributed by atoms with E-state index in [1.807, 2.05) is 12.1 Å². The Labute approximate surface area is 208 Å². The van der Waals surface area contributed by atoms with E-state index in [0.29, 0.717) is 13.0 Å². The standard InChI is InChI=1S/C27H38N4O4/c1-5-6-17-35-19(3)24(30-25(32)18(2)28-4)27(34)31-16-10-15-23(31)26(33)29-22-14-9-12-20-11-7-8-13-21(20)22/h7-8,11,13,18-19,22-24,28H,9-10,12,14-17H2,1-4H3,(H,29,33)(H,30,32)/t18-,19+,22+,23-,24-/m0/s1. The summed E-state index contributed by atoms with van der Waals surface area (Å²) in [5.41, 5.74) is 2.43. The Kier molecular flexibility index (Phi) is 9.70. The highest BCUT2D eigenvalue weighted by Crippen LogP contribution is 2.30. The van der Waals surface area contributed by atoms with Crippen LogP contribution >= 0.6 is 0 Å². The average molecular weight is 483 g/mol. The number of amides is 3. The molecule has 2 aliphatic rings. The second kappa shape index (κ2) is 12.7. The van der Waals surface area contributed by atoms with E-state index in [4.69, 9.17) is 4.74 Å². The molecule has 1 aromatic rings. The lowest BCUT2D eigenvalue weighted by Gasteiger charge is -2.33. The molecule has 3 amide bonds. The number of rotatable bonds is 9. The lowest BCUT2D eigenvalue weighted by molar-refractivity contribution is -0.145. The molecule has 5 atom stereocenters. The van der Waals surface area contributed by atoms with E-state index >= 15 is 0 Å². The average Bonchev–Trinajstić information content (AvgIpc) is 3.37. The molecule has 8 heteroatoms. The Hall–Kier alpha value is -2.89. The summed E-state index contributed by atoms with van der Waals surface area (Å²) in [7, 11) is 1.68. The van der Waals surface area contributed by atoms with Crippen molar-refractivity contribution in [3.8, 4) is 11.8 Å². The van der Waals surface area contributed by atoms with E-state index in [-0.39, 0.29) is 30.4 Å². The van der Waals surface area contributed by atoms with Crippen LogP contribution in [0, 0.1) is 11.8 Å². The minimum Gasteiger partial charge on any atom is -0.363 e. The van der Waals surface area contributed by atoms with Crippen LogP contribution < -0.4 is 16.0 Å². The first-order valence-corrected chi connectivity index (χ1v) is 12.5. The molecule has 1 fully saturated rings. The molecule has 0 aromatic heterocycles. The van der Waals surface area contributed by atoms with Crippen molar-refractivity contribution in [1.29, 1.82) is 0 Å². The van der Waals surface area contributed by atoms with Crippen LogP contribution in [0.2, 0.25) is 0 Å². The van der Waals surface area contributed by atoms with Crippen molar-refractivity contribution in [3.05, 3.63) is 35.4 Å². The zero-order chi connectivity index (χ0) is 25.4. The summed E-state index contributed by atoms with van der Waals surface area (Å²) in [6.45, 7) is 5.80. The maximum Gasteiger partial charge on any atom is 0.248 e. The van der Waals surface area contributed by atoms with Crippen molar-refractivity contribution < 1.29 is 19.1 Å². The van der Waals surface area contributed by atoms with E-state index in [2.05, 4.69) is 39.9 Å². The fourth-order valence-corrected chi connectivity index (χ4v) is 4.78. The summed E-state index contributed by atoms with van der Waals surface area (Å²) in [5.74, 6) is 4.83. The fraction of sp³-hybridized carbons (Fsp3) is 0.593. The zero-order valence-corrected chi connectivity index (χ0v) is 21.2. The number of hydrogen-bond acceptors (Lipinski definition) is 5. The van der Waals surface area contributed by atoms with E-state index in [1.165, 1.54) is 5.56 Å². The summed E-state index contributed by atoms with van der Waals surface area (Å²) in [6, 6.07) is 6.20. The predicted octanol–water partition coefficient (Wildman–Crippen LogP) is 1.69. The number of nitrogens with one attached hydrogen (secondary N) is 3. The van der Waals surface area contributed by atoms with Crippen molar-refractivity contribution in [3.63, 3.8) is 0 Å². The van der Waals surface area contributed by atoms with Crippen molar-refractivity contribution >= 4 is 17.7 Å². The molecule has 1 aromatic carbocycles. The van der Waals surface area contributed by atoms with Gasteiger partial charge in [0.2, 0.25) is 17.7 Å². The van der Waals surface area contributed by atoms with Gasteiger partial charge in [0.25, 0.3) is 0 Å². The normalized spacial score (nSPS) is 21.7. The summed E-state index contributed by atoms with van der Waals surface area (Å²) in [6.07, 6.45) is 3.63. The van der Waals surface area contributed by atoms with Crippen molar-refractivity contribution in [2.75, 3.05) is 20.2 Å². The molecule has 190 valence electrons. The van der Waals surface area contributed by atoms with Gasteiger partial charge in [0, 0.05) is 6.54 Å². The molecule has 0 spiro atoms. The quantitative estimate of drug-likeness (QED) is 0.465. The number of hydrogen-bond donors (Lipinski definition) is 3. The first kappa shape index (κ1) is 26.7. The number of likely N-dealkylation sites (N-methyl/N-ethyl adjacent to an activating group) is 1. The highest BCUT2D eigenvalue weighted by molar-refractivity contribution is 5.94. The van der Waals surface area contributed by atoms with Crippen molar-refractivity contribution in [2.24, 2.45) is 0 Å². The minimum atomic E-state index is -0.916. The first-order chi connectivity index (χ1) is 16.9. The molecule has 8 nitrogen and oxygen atoms in total. The minimum absolute atomic E-state index is 0.0492. The molecule has 0 bridgehead atoms. The van der Waals surface area contributed by atoms with Crippen LogP contribution in [0.5, 0.6) is 0 Å². The Bertz CT molecular complexity index is 969. The molecule has 1 heterocycles. The maximum absolute atomic E-state index is 13.7. The third kappa shape index (κ3) is 6.62. The molecule has 1 aliphatic carbocycles.